The monoisotopic (exact) mass is 165 g/mol. The van der Waals surface area contributed by atoms with E-state index in [2.05, 4.69) is 18.1 Å². The van der Waals surface area contributed by atoms with Gasteiger partial charge in [0.15, 0.2) is 0 Å². The van der Waals surface area contributed by atoms with Crippen molar-refractivity contribution in [3.8, 4) is 0 Å². The molecular weight excluding hydrogens is 146 g/mol. The van der Waals surface area contributed by atoms with E-state index in [1.54, 1.807) is 0 Å². The van der Waals surface area contributed by atoms with Gasteiger partial charge in [-0.1, -0.05) is 19.3 Å². The van der Waals surface area contributed by atoms with Crippen LogP contribution >= 0.6 is 0 Å². The topological polar surface area (TPSA) is 12.4 Å². The lowest BCUT2D eigenvalue weighted by molar-refractivity contribution is 0.249. The normalized spacial score (nSPS) is 33.9. The summed E-state index contributed by atoms with van der Waals surface area (Å²) in [7, 11) is 0. The van der Waals surface area contributed by atoms with Crippen molar-refractivity contribution in [3.63, 3.8) is 0 Å². The molecule has 1 nitrogen and oxygen atoms in total. The maximum atomic E-state index is 4.58. The highest BCUT2D eigenvalue weighted by atomic mass is 14.8. The molecule has 0 aromatic heterocycles. The molecule has 0 saturated heterocycles. The van der Waals surface area contributed by atoms with Gasteiger partial charge in [0.1, 0.15) is 0 Å². The van der Waals surface area contributed by atoms with E-state index in [0.717, 1.165) is 0 Å². The van der Waals surface area contributed by atoms with E-state index in [-0.39, 0.29) is 0 Å². The summed E-state index contributed by atoms with van der Waals surface area (Å²) in [5, 5.41) is 0. The number of aliphatic imine (C=N–C) groups is 1. The van der Waals surface area contributed by atoms with Gasteiger partial charge in [0, 0.05) is 17.7 Å². The van der Waals surface area contributed by atoms with Crippen LogP contribution in [0.4, 0.5) is 0 Å². The zero-order valence-corrected chi connectivity index (χ0v) is 8.05. The first kappa shape index (κ1) is 8.28. The highest BCUT2D eigenvalue weighted by Gasteiger charge is 2.32. The summed E-state index contributed by atoms with van der Waals surface area (Å²) >= 11 is 0. The largest absolute Gasteiger partial charge is 0.294 e. The van der Waals surface area contributed by atoms with Gasteiger partial charge in [0.2, 0.25) is 0 Å². The maximum absolute atomic E-state index is 4.58. The van der Waals surface area contributed by atoms with Gasteiger partial charge in [0.25, 0.3) is 0 Å². The Balaban J connectivity index is 2.05. The van der Waals surface area contributed by atoms with Crippen molar-refractivity contribution in [1.82, 2.24) is 0 Å². The van der Waals surface area contributed by atoms with Gasteiger partial charge in [-0.3, -0.25) is 4.99 Å². The summed E-state index contributed by atoms with van der Waals surface area (Å²) in [4.78, 5) is 4.58. The Morgan fingerprint density at radius 2 is 1.92 bits per heavy atom. The van der Waals surface area contributed by atoms with Gasteiger partial charge in [0.05, 0.1) is 0 Å². The molecule has 0 amide bonds. The van der Waals surface area contributed by atoms with Crippen LogP contribution in [0, 0.1) is 5.41 Å². The van der Waals surface area contributed by atoms with Crippen LogP contribution in [0.1, 0.15) is 51.9 Å². The number of rotatable bonds is 0. The fourth-order valence-electron chi connectivity index (χ4n) is 2.56. The van der Waals surface area contributed by atoms with Gasteiger partial charge in [-0.05, 0) is 32.6 Å². The van der Waals surface area contributed by atoms with Crippen molar-refractivity contribution >= 4 is 6.21 Å². The third-order valence-corrected chi connectivity index (χ3v) is 3.51. The van der Waals surface area contributed by atoms with Gasteiger partial charge in [-0.25, -0.2) is 0 Å². The summed E-state index contributed by atoms with van der Waals surface area (Å²) in [6.45, 7) is 2.23. The van der Waals surface area contributed by atoms with Gasteiger partial charge in [-0.15, -0.1) is 0 Å². The minimum atomic E-state index is 0.546. The molecular formula is C11H19N. The Hall–Kier alpha value is -0.330. The Morgan fingerprint density at radius 3 is 2.50 bits per heavy atom. The fraction of sp³-hybridized carbons (Fsp3) is 0.909. The molecule has 1 heterocycles. The van der Waals surface area contributed by atoms with E-state index in [4.69, 9.17) is 0 Å². The van der Waals surface area contributed by atoms with Gasteiger partial charge in [-0.2, -0.15) is 0 Å². The van der Waals surface area contributed by atoms with E-state index in [1.807, 2.05) is 0 Å². The average molecular weight is 165 g/mol. The molecule has 1 aliphatic heterocycles. The standard InChI is InChI=1S/C11H19N/c1-10-5-8-11(9-12-10)6-3-2-4-7-11/h9-10H,2-8H2,1H3/t10-/m1/s1. The molecule has 68 valence electrons. The predicted molar refractivity (Wildman–Crippen MR) is 52.7 cm³/mol. The van der Waals surface area contributed by atoms with Crippen LogP contribution in [0.5, 0.6) is 0 Å². The molecule has 1 fully saturated rings. The molecule has 12 heavy (non-hydrogen) atoms. The Labute approximate surface area is 75.3 Å². The average Bonchev–Trinajstić information content (AvgIpc) is 2.13. The van der Waals surface area contributed by atoms with E-state index >= 15 is 0 Å². The molecule has 0 N–H and O–H groups in total. The second-order valence-electron chi connectivity index (χ2n) is 4.59. The molecule has 1 spiro atoms. The summed E-state index contributed by atoms with van der Waals surface area (Å²) in [5.41, 5.74) is 0.546. The van der Waals surface area contributed by atoms with E-state index in [0.29, 0.717) is 11.5 Å². The quantitative estimate of drug-likeness (QED) is 0.522. The first-order valence-corrected chi connectivity index (χ1v) is 5.35. The lowest BCUT2D eigenvalue weighted by Gasteiger charge is -2.37. The lowest BCUT2D eigenvalue weighted by atomic mass is 9.70. The Kier molecular flexibility index (Phi) is 2.20. The number of nitrogens with zero attached hydrogens (tertiary/aromatic N) is 1. The van der Waals surface area contributed by atoms with Gasteiger partial charge >= 0.3 is 0 Å². The smallest absolute Gasteiger partial charge is 0.0468 e. The van der Waals surface area contributed by atoms with Crippen LogP contribution in [0.3, 0.4) is 0 Å². The second-order valence-corrected chi connectivity index (χ2v) is 4.59. The highest BCUT2D eigenvalue weighted by molar-refractivity contribution is 5.67. The summed E-state index contributed by atoms with van der Waals surface area (Å²) in [6, 6.07) is 0.595. The minimum absolute atomic E-state index is 0.546. The third-order valence-electron chi connectivity index (χ3n) is 3.51. The van der Waals surface area contributed by atoms with Crippen molar-refractivity contribution in [2.45, 2.75) is 57.9 Å². The van der Waals surface area contributed by atoms with Crippen molar-refractivity contribution in [1.29, 1.82) is 0 Å². The molecule has 2 aliphatic rings. The summed E-state index contributed by atoms with van der Waals surface area (Å²) in [6.07, 6.45) is 12.1. The fourth-order valence-corrected chi connectivity index (χ4v) is 2.56. The molecule has 0 radical (unpaired) electrons. The van der Waals surface area contributed by atoms with E-state index in [1.165, 1.54) is 44.9 Å². The second kappa shape index (κ2) is 3.20. The third kappa shape index (κ3) is 1.55. The Morgan fingerprint density at radius 1 is 1.17 bits per heavy atom. The lowest BCUT2D eigenvalue weighted by Crippen LogP contribution is -2.30. The maximum Gasteiger partial charge on any atom is 0.0468 e. The van der Waals surface area contributed by atoms with E-state index < -0.39 is 0 Å². The number of hydrogen-bond donors (Lipinski definition) is 0. The van der Waals surface area contributed by atoms with Crippen molar-refractivity contribution < 1.29 is 0 Å². The van der Waals surface area contributed by atoms with Crippen molar-refractivity contribution in [2.24, 2.45) is 10.4 Å². The van der Waals surface area contributed by atoms with Crippen LogP contribution in [-0.4, -0.2) is 12.3 Å². The summed E-state index contributed by atoms with van der Waals surface area (Å²) < 4.78 is 0. The minimum Gasteiger partial charge on any atom is -0.294 e. The SMILES string of the molecule is C[C@@H]1CCC2(C=N1)CCCCC2. The van der Waals surface area contributed by atoms with Crippen molar-refractivity contribution in [2.75, 3.05) is 0 Å². The van der Waals surface area contributed by atoms with Crippen LogP contribution < -0.4 is 0 Å². The predicted octanol–water partition coefficient (Wildman–Crippen LogP) is 3.19. The molecule has 0 unspecified atom stereocenters. The molecule has 1 atom stereocenters. The van der Waals surface area contributed by atoms with Crippen LogP contribution in [0.2, 0.25) is 0 Å². The first-order valence-electron chi connectivity index (χ1n) is 5.35. The van der Waals surface area contributed by atoms with Crippen molar-refractivity contribution in [3.05, 3.63) is 0 Å². The van der Waals surface area contributed by atoms with Crippen LogP contribution in [-0.2, 0) is 0 Å². The first-order chi connectivity index (χ1) is 5.81. The molecule has 1 heteroatoms. The van der Waals surface area contributed by atoms with Gasteiger partial charge < -0.3 is 0 Å². The Bertz CT molecular complexity index is 177. The molecule has 2 rings (SSSR count). The molecule has 0 aromatic carbocycles. The van der Waals surface area contributed by atoms with Crippen LogP contribution in [0.15, 0.2) is 4.99 Å². The highest BCUT2D eigenvalue weighted by Crippen LogP contribution is 2.41. The zero-order chi connectivity index (χ0) is 8.44. The summed E-state index contributed by atoms with van der Waals surface area (Å²) in [5.74, 6) is 0. The van der Waals surface area contributed by atoms with E-state index in [9.17, 15) is 0 Å². The molecule has 1 saturated carbocycles. The molecule has 1 aliphatic carbocycles. The zero-order valence-electron chi connectivity index (χ0n) is 8.05. The molecule has 0 aromatic rings. The molecule has 0 bridgehead atoms. The van der Waals surface area contributed by atoms with Crippen LogP contribution in [0.25, 0.3) is 0 Å². The number of hydrogen-bond acceptors (Lipinski definition) is 1.